The molecule has 0 fully saturated rings. The smallest absolute Gasteiger partial charge is 0.255 e. The molecule has 0 unspecified atom stereocenters. The normalized spacial score (nSPS) is 13.7. The highest BCUT2D eigenvalue weighted by molar-refractivity contribution is 6.07. The van der Waals surface area contributed by atoms with Crippen LogP contribution in [0.25, 0.3) is 50.8 Å². The van der Waals surface area contributed by atoms with Gasteiger partial charge in [0, 0.05) is 169 Å². The second-order valence-corrected chi connectivity index (χ2v) is 23.9. The molecule has 6 aromatic carbocycles. The predicted octanol–water partition coefficient (Wildman–Crippen LogP) is 17.5. The largest absolute Gasteiger partial charge is 0.324 e. The molecule has 3 amide bonds. The van der Waals surface area contributed by atoms with Crippen molar-refractivity contribution < 1.29 is 44.5 Å². The second kappa shape index (κ2) is 32.9. The number of carbonyl (C=O) groups is 3. The van der Waals surface area contributed by atoms with E-state index in [-0.39, 0.29) is 199 Å². The Morgan fingerprint density at radius 1 is 0.426 bits per heavy atom. The highest BCUT2D eigenvalue weighted by Crippen LogP contribution is 2.30. The van der Waals surface area contributed by atoms with Gasteiger partial charge in [0.05, 0.1) is 65.8 Å². The van der Waals surface area contributed by atoms with Gasteiger partial charge < -0.3 is 45.6 Å². The van der Waals surface area contributed by atoms with E-state index in [0.717, 1.165) is 21.3 Å². The number of hydrogen-bond donors (Lipinski definition) is 6. The van der Waals surface area contributed by atoms with Crippen molar-refractivity contribution in [3.8, 4) is 50.8 Å². The SMILES string of the molecule is [2H]c1c(C)c([2H])c(-n2c([2H])nc(C)c2[2H])c([2H])c1NC(=O)c1ccc(C([2H])([2H])[2H])c(Nc2nccc(-c3cccnc3)n2)c1.[2H]c1nc([2H])c(-c2ccnc(Nc3cc(C(=O)Nc4c([2H])c(C)c([2H])c(-n5ccc(C)c5)c4[2H])ccc3C)n2)c([2H])c1[2H].[2H]c1nc([2H])c(-c2ccnc(Nc3cc(C(=O)Nc4c([2H])c(C)c([2H])c(-n5cnc(C)c5)c4[2H])ccc3C)n2)c([2H])c1[2H]. The molecular weight excluding hydrogens is 1350 g/mol. The quantitative estimate of drug-likeness (QED) is 0.0466. The molecule has 0 aliphatic heterocycles. The summed E-state index contributed by atoms with van der Waals surface area (Å²) in [4.78, 5) is 85.6. The number of imidazole rings is 2. The van der Waals surface area contributed by atoms with E-state index in [1.807, 2.05) is 26.0 Å². The van der Waals surface area contributed by atoms with Crippen molar-refractivity contribution in [2.45, 2.75) is 62.2 Å². The van der Waals surface area contributed by atoms with Crippen LogP contribution in [0, 0.1) is 62.2 Å². The number of nitrogens with zero attached hydrogens (tertiary/aromatic N) is 14. The van der Waals surface area contributed by atoms with Crippen LogP contribution >= 0.6 is 0 Å². The molecule has 6 N–H and O–H groups in total. The van der Waals surface area contributed by atoms with Gasteiger partial charge in [0.1, 0.15) is 1.37 Å². The molecule has 0 atom stereocenters. The first-order chi connectivity index (χ1) is 61.5. The number of aromatic nitrogens is 14. The third-order valence-corrected chi connectivity index (χ3v) is 15.6. The van der Waals surface area contributed by atoms with E-state index in [9.17, 15) is 14.4 Å². The Morgan fingerprint density at radius 3 is 1.31 bits per heavy atom. The molecule has 23 heteroatoms. The maximum Gasteiger partial charge on any atom is 0.255 e. The number of aryl methyl sites for hydroxylation is 6. The number of rotatable bonds is 18. The molecule has 15 rings (SSSR count). The number of anilines is 9. The molecule has 0 spiro atoms. The van der Waals surface area contributed by atoms with E-state index >= 15 is 0 Å². The number of pyridine rings is 3. The molecule has 108 heavy (non-hydrogen) atoms. The van der Waals surface area contributed by atoms with Crippen LogP contribution in [0.2, 0.25) is 0 Å². The average molecular weight is 1450 g/mol. The number of hydrogen-bond acceptors (Lipinski definition) is 17. The van der Waals surface area contributed by atoms with Crippen LogP contribution in [-0.4, -0.2) is 86.2 Å². The van der Waals surface area contributed by atoms with Crippen LogP contribution < -0.4 is 31.9 Å². The summed E-state index contributed by atoms with van der Waals surface area (Å²) in [5.74, 6) is -1.62. The van der Waals surface area contributed by atoms with E-state index in [4.69, 9.17) is 30.2 Å². The molecule has 0 saturated heterocycles. The van der Waals surface area contributed by atoms with Gasteiger partial charge in [0.15, 0.2) is 0 Å². The summed E-state index contributed by atoms with van der Waals surface area (Å²) in [6.07, 6.45) is 12.0. The topological polar surface area (TPSA) is 280 Å². The second-order valence-electron chi connectivity index (χ2n) is 23.9. The van der Waals surface area contributed by atoms with Crippen molar-refractivity contribution in [1.82, 2.24) is 68.5 Å². The zero-order valence-corrected chi connectivity index (χ0v) is 58.8. The van der Waals surface area contributed by atoms with Gasteiger partial charge in [-0.3, -0.25) is 29.3 Å². The highest BCUT2D eigenvalue weighted by Gasteiger charge is 2.17. The molecule has 0 aliphatic rings. The molecule has 0 aliphatic carbocycles. The van der Waals surface area contributed by atoms with Crippen molar-refractivity contribution in [3.63, 3.8) is 0 Å². The Kier molecular flexibility index (Phi) is 15.0. The van der Waals surface area contributed by atoms with E-state index < -0.39 is 55.0 Å². The molecule has 9 aromatic heterocycles. The number of benzene rings is 6. The monoisotopic (exact) mass is 1450 g/mol. The van der Waals surface area contributed by atoms with E-state index in [1.165, 1.54) is 73.7 Å². The van der Waals surface area contributed by atoms with Gasteiger partial charge in [-0.1, -0.05) is 18.2 Å². The lowest BCUT2D eigenvalue weighted by molar-refractivity contribution is 0.101. The minimum Gasteiger partial charge on any atom is -0.324 e. The summed E-state index contributed by atoms with van der Waals surface area (Å²) in [6.45, 7) is 10.9. The molecule has 15 aromatic rings. The van der Waals surface area contributed by atoms with Crippen LogP contribution in [0.15, 0.2) is 263 Å². The fourth-order valence-corrected chi connectivity index (χ4v) is 10.3. The Labute approximate surface area is 655 Å². The van der Waals surface area contributed by atoms with Crippen LogP contribution in [0.3, 0.4) is 0 Å². The van der Waals surface area contributed by atoms with Gasteiger partial charge in [0.25, 0.3) is 17.7 Å². The molecule has 0 bridgehead atoms. The van der Waals surface area contributed by atoms with Crippen molar-refractivity contribution in [3.05, 3.63) is 330 Å². The number of nitrogens with one attached hydrogen (secondary N) is 6. The van der Waals surface area contributed by atoms with Crippen LogP contribution in [-0.2, 0) is 0 Å². The Bertz CT molecular complexity index is 6800. The maximum absolute atomic E-state index is 13.5. The third kappa shape index (κ3) is 18.5. The lowest BCUT2D eigenvalue weighted by Gasteiger charge is -2.13. The summed E-state index contributed by atoms with van der Waals surface area (Å²) in [7, 11) is 0. The average Bonchev–Trinajstić information content (AvgIpc) is 1.62. The van der Waals surface area contributed by atoms with Crippen LogP contribution in [0.4, 0.5) is 52.0 Å². The Balaban J connectivity index is 0.000000166. The number of carbonyl (C=O) groups excluding carboxylic acids is 3. The van der Waals surface area contributed by atoms with Crippen molar-refractivity contribution in [1.29, 1.82) is 0 Å². The highest BCUT2D eigenvalue weighted by atomic mass is 16.2. The molecule has 534 valence electrons. The predicted molar refractivity (Wildman–Crippen MR) is 424 cm³/mol. The fourth-order valence-electron chi connectivity index (χ4n) is 10.3. The van der Waals surface area contributed by atoms with Gasteiger partial charge >= 0.3 is 0 Å². The zero-order valence-electron chi connectivity index (χ0n) is 80.8. The van der Waals surface area contributed by atoms with Gasteiger partial charge in [-0.2, -0.15) is 0 Å². The first-order valence-electron chi connectivity index (χ1n) is 43.9. The van der Waals surface area contributed by atoms with Crippen LogP contribution in [0.1, 0.15) is 112 Å². The molecule has 9 heterocycles. The van der Waals surface area contributed by atoms with Gasteiger partial charge in [-0.25, -0.2) is 39.9 Å². The lowest BCUT2D eigenvalue weighted by atomic mass is 10.1. The van der Waals surface area contributed by atoms with Gasteiger partial charge in [-0.05, 0) is 253 Å². The summed E-state index contributed by atoms with van der Waals surface area (Å²) in [6, 6.07) is 20.6. The fraction of sp³-hybridized carbons (Fsp3) is 0.106. The van der Waals surface area contributed by atoms with Gasteiger partial charge in [-0.15, -0.1) is 0 Å². The van der Waals surface area contributed by atoms with E-state index in [2.05, 4.69) is 86.7 Å². The van der Waals surface area contributed by atoms with Crippen LogP contribution in [0.5, 0.6) is 0 Å². The summed E-state index contributed by atoms with van der Waals surface area (Å²) in [5.41, 5.74) is 7.03. The Morgan fingerprint density at radius 2 is 0.889 bits per heavy atom. The number of amides is 3. The van der Waals surface area contributed by atoms with E-state index in [0.29, 0.717) is 39.5 Å². The minimum atomic E-state index is -2.55. The van der Waals surface area contributed by atoms with Crippen molar-refractivity contribution in [2.24, 2.45) is 0 Å². The standard InChI is InChI=1S/C29H26N6O.2C28H25N7O/c1-19-9-12-35(18-19)25-14-20(2)13-24(16-25)32-28(36)22-7-6-21(3)27(15-22)34-29-31-11-8-26(33-29)23-5-4-10-30-17-23;2*1-18-11-23(14-24(12-18)35-16-20(3)31-17-35)32-27(36)21-7-6-19(2)26(13-21)34-28-30-10-8-25(33-28)22-5-4-9-29-15-22/h4-18H,1-3H3,(H,32,36)(H,31,33,34);2*4-17H,1-3H3,(H,32,36)(H,30,33,34)/i4D,5D,10D,13D,14D,16D,17D;4D,5D,9D,11D,12D,14D,15D;2D3,11D,12D,14D,16D,17D. The summed E-state index contributed by atoms with van der Waals surface area (Å²) < 4.78 is 185. The van der Waals surface area contributed by atoms with E-state index in [1.54, 1.807) is 112 Å². The zero-order chi connectivity index (χ0) is 94.2. The minimum absolute atomic E-state index is 0.00213. The first kappa shape index (κ1) is 49.2. The van der Waals surface area contributed by atoms with Crippen molar-refractivity contribution >= 4 is 69.7 Å². The Hall–Kier alpha value is -14.5. The summed E-state index contributed by atoms with van der Waals surface area (Å²) in [5, 5.41) is 16.9. The maximum atomic E-state index is 13.5. The lowest BCUT2D eigenvalue weighted by Crippen LogP contribution is -2.13. The molecular formula is C85H76N20O3. The molecule has 0 saturated carbocycles. The molecule has 23 nitrogen and oxygen atoms in total. The summed E-state index contributed by atoms with van der Waals surface area (Å²) >= 11 is 0. The first-order valence-corrected chi connectivity index (χ1v) is 32.9. The third-order valence-electron chi connectivity index (χ3n) is 15.6. The van der Waals surface area contributed by atoms with Gasteiger partial charge in [0.2, 0.25) is 17.8 Å². The molecule has 0 radical (unpaired) electrons. The van der Waals surface area contributed by atoms with Crippen molar-refractivity contribution in [2.75, 3.05) is 31.9 Å².